The van der Waals surface area contributed by atoms with Crippen LogP contribution in [0.3, 0.4) is 0 Å². The van der Waals surface area contributed by atoms with Gasteiger partial charge in [-0.25, -0.2) is 4.98 Å². The molecular weight excluding hydrogens is 214 g/mol. The van der Waals surface area contributed by atoms with Crippen molar-refractivity contribution in [1.29, 1.82) is 5.26 Å². The van der Waals surface area contributed by atoms with Gasteiger partial charge >= 0.3 is 0 Å². The van der Waals surface area contributed by atoms with Gasteiger partial charge in [-0.3, -0.25) is 0 Å². The van der Waals surface area contributed by atoms with Crippen molar-refractivity contribution in [2.75, 3.05) is 18.1 Å². The molecule has 0 aromatic carbocycles. The van der Waals surface area contributed by atoms with Crippen LogP contribution < -0.4 is 4.90 Å². The van der Waals surface area contributed by atoms with E-state index >= 15 is 0 Å². The van der Waals surface area contributed by atoms with E-state index in [-0.39, 0.29) is 18.6 Å². The van der Waals surface area contributed by atoms with Gasteiger partial charge in [0, 0.05) is 31.3 Å². The van der Waals surface area contributed by atoms with Gasteiger partial charge in [-0.2, -0.15) is 5.26 Å². The second kappa shape index (κ2) is 5.15. The highest BCUT2D eigenvalue weighted by atomic mass is 16.3. The van der Waals surface area contributed by atoms with Crippen molar-refractivity contribution in [3.63, 3.8) is 0 Å². The maximum atomic E-state index is 9.34. The Hall–Kier alpha value is -1.60. The van der Waals surface area contributed by atoms with E-state index in [4.69, 9.17) is 5.26 Å². The van der Waals surface area contributed by atoms with Crippen LogP contribution in [0.25, 0.3) is 0 Å². The standard InChI is InChI=1S/C13H17N3O/c1-10-12(9-17)5-3-7-16(10)13-11(8-14)4-2-6-15-13/h2,4,6,10,12,17H,3,5,7,9H2,1H3. The minimum Gasteiger partial charge on any atom is -0.396 e. The van der Waals surface area contributed by atoms with Crippen molar-refractivity contribution in [2.45, 2.75) is 25.8 Å². The number of aromatic nitrogens is 1. The van der Waals surface area contributed by atoms with E-state index in [0.29, 0.717) is 5.56 Å². The van der Waals surface area contributed by atoms with Gasteiger partial charge in [0.1, 0.15) is 11.9 Å². The second-order valence-corrected chi connectivity index (χ2v) is 4.51. The number of rotatable bonds is 2. The summed E-state index contributed by atoms with van der Waals surface area (Å²) in [6, 6.07) is 5.98. The van der Waals surface area contributed by atoms with E-state index in [1.807, 2.05) is 0 Å². The van der Waals surface area contributed by atoms with Gasteiger partial charge in [-0.05, 0) is 31.9 Å². The average Bonchev–Trinajstić information content (AvgIpc) is 2.39. The Kier molecular flexibility index (Phi) is 3.60. The first kappa shape index (κ1) is 11.9. The molecule has 2 heterocycles. The Bertz CT molecular complexity index is 427. The molecular formula is C13H17N3O. The number of pyridine rings is 1. The largest absolute Gasteiger partial charge is 0.396 e. The molecule has 4 nitrogen and oxygen atoms in total. The Morgan fingerprint density at radius 3 is 3.18 bits per heavy atom. The summed E-state index contributed by atoms with van der Waals surface area (Å²) < 4.78 is 0. The molecule has 0 aliphatic carbocycles. The van der Waals surface area contributed by atoms with E-state index in [1.165, 1.54) is 0 Å². The maximum Gasteiger partial charge on any atom is 0.146 e. The first-order chi connectivity index (χ1) is 8.27. The van der Waals surface area contributed by atoms with Crippen LogP contribution in [-0.2, 0) is 0 Å². The lowest BCUT2D eigenvalue weighted by Crippen LogP contribution is -2.45. The van der Waals surface area contributed by atoms with E-state index in [9.17, 15) is 5.11 Å². The van der Waals surface area contributed by atoms with Crippen LogP contribution in [0.15, 0.2) is 18.3 Å². The lowest BCUT2D eigenvalue weighted by atomic mass is 9.90. The molecule has 4 heteroatoms. The number of piperidine rings is 1. The molecule has 2 atom stereocenters. The summed E-state index contributed by atoms with van der Waals surface area (Å²) in [7, 11) is 0. The van der Waals surface area contributed by atoms with Crippen molar-refractivity contribution in [3.05, 3.63) is 23.9 Å². The minimum atomic E-state index is 0.201. The molecule has 0 radical (unpaired) electrons. The quantitative estimate of drug-likeness (QED) is 0.839. The van der Waals surface area contributed by atoms with Crippen LogP contribution in [0.5, 0.6) is 0 Å². The Balaban J connectivity index is 2.30. The van der Waals surface area contributed by atoms with Gasteiger partial charge in [-0.1, -0.05) is 0 Å². The highest BCUT2D eigenvalue weighted by molar-refractivity contribution is 5.54. The zero-order chi connectivity index (χ0) is 12.3. The van der Waals surface area contributed by atoms with Crippen molar-refractivity contribution in [2.24, 2.45) is 5.92 Å². The van der Waals surface area contributed by atoms with Crippen LogP contribution in [0.1, 0.15) is 25.3 Å². The van der Waals surface area contributed by atoms with Gasteiger partial charge in [0.15, 0.2) is 0 Å². The molecule has 0 spiro atoms. The van der Waals surface area contributed by atoms with Crippen LogP contribution in [0, 0.1) is 17.2 Å². The molecule has 1 N–H and O–H groups in total. The SMILES string of the molecule is CC1C(CO)CCCN1c1ncccc1C#N. The van der Waals surface area contributed by atoms with Crippen molar-refractivity contribution in [3.8, 4) is 6.07 Å². The number of nitriles is 1. The molecule has 1 fully saturated rings. The van der Waals surface area contributed by atoms with Crippen molar-refractivity contribution >= 4 is 5.82 Å². The predicted molar refractivity (Wildman–Crippen MR) is 65.6 cm³/mol. The molecule has 90 valence electrons. The summed E-state index contributed by atoms with van der Waals surface area (Å²) in [4.78, 5) is 6.46. The topological polar surface area (TPSA) is 60.1 Å². The molecule has 1 aromatic rings. The van der Waals surface area contributed by atoms with Crippen LogP contribution in [0.2, 0.25) is 0 Å². The molecule has 0 amide bonds. The van der Waals surface area contributed by atoms with Gasteiger partial charge in [0.05, 0.1) is 5.56 Å². The number of anilines is 1. The van der Waals surface area contributed by atoms with Gasteiger partial charge < -0.3 is 10.0 Å². The minimum absolute atomic E-state index is 0.201. The summed E-state index contributed by atoms with van der Waals surface area (Å²) in [5.41, 5.74) is 0.609. The molecule has 0 bridgehead atoms. The number of aliphatic hydroxyl groups is 1. The lowest BCUT2D eigenvalue weighted by Gasteiger charge is -2.39. The van der Waals surface area contributed by atoms with Gasteiger partial charge in [0.25, 0.3) is 0 Å². The Labute approximate surface area is 102 Å². The first-order valence-electron chi connectivity index (χ1n) is 6.00. The van der Waals surface area contributed by atoms with Crippen LogP contribution in [-0.4, -0.2) is 29.3 Å². The molecule has 2 unspecified atom stereocenters. The van der Waals surface area contributed by atoms with Crippen LogP contribution in [0.4, 0.5) is 5.82 Å². The number of hydrogen-bond donors (Lipinski definition) is 1. The molecule has 0 saturated carbocycles. The van der Waals surface area contributed by atoms with Gasteiger partial charge in [0.2, 0.25) is 0 Å². The molecule has 2 rings (SSSR count). The summed E-state index contributed by atoms with van der Waals surface area (Å²) in [6.07, 6.45) is 3.80. The zero-order valence-electron chi connectivity index (χ0n) is 10.0. The fourth-order valence-electron chi connectivity index (χ4n) is 2.48. The average molecular weight is 231 g/mol. The van der Waals surface area contributed by atoms with Crippen molar-refractivity contribution < 1.29 is 5.11 Å². The molecule has 17 heavy (non-hydrogen) atoms. The lowest BCUT2D eigenvalue weighted by molar-refractivity contribution is 0.181. The third-order valence-corrected chi connectivity index (χ3v) is 3.56. The first-order valence-corrected chi connectivity index (χ1v) is 6.00. The van der Waals surface area contributed by atoms with Crippen LogP contribution >= 0.6 is 0 Å². The van der Waals surface area contributed by atoms with E-state index < -0.39 is 0 Å². The van der Waals surface area contributed by atoms with E-state index in [2.05, 4.69) is 22.9 Å². The molecule has 1 saturated heterocycles. The van der Waals surface area contributed by atoms with E-state index in [1.54, 1.807) is 18.3 Å². The fraction of sp³-hybridized carbons (Fsp3) is 0.538. The third kappa shape index (κ3) is 2.25. The smallest absolute Gasteiger partial charge is 0.146 e. The number of nitrogens with zero attached hydrogens (tertiary/aromatic N) is 3. The number of hydrogen-bond acceptors (Lipinski definition) is 4. The highest BCUT2D eigenvalue weighted by Gasteiger charge is 2.29. The van der Waals surface area contributed by atoms with Gasteiger partial charge in [-0.15, -0.1) is 0 Å². The third-order valence-electron chi connectivity index (χ3n) is 3.56. The Morgan fingerprint density at radius 2 is 2.47 bits per heavy atom. The molecule has 1 aliphatic rings. The second-order valence-electron chi connectivity index (χ2n) is 4.51. The monoisotopic (exact) mass is 231 g/mol. The molecule has 1 aliphatic heterocycles. The normalized spacial score (nSPS) is 24.4. The van der Waals surface area contributed by atoms with Crippen molar-refractivity contribution in [1.82, 2.24) is 4.98 Å². The summed E-state index contributed by atoms with van der Waals surface area (Å²) >= 11 is 0. The van der Waals surface area contributed by atoms with E-state index in [0.717, 1.165) is 25.2 Å². The highest BCUT2D eigenvalue weighted by Crippen LogP contribution is 2.28. The number of aliphatic hydroxyl groups excluding tert-OH is 1. The summed E-state index contributed by atoms with van der Waals surface area (Å²) in [5, 5.41) is 18.4. The zero-order valence-corrected chi connectivity index (χ0v) is 10.0. The predicted octanol–water partition coefficient (Wildman–Crippen LogP) is 1.55. The fourth-order valence-corrected chi connectivity index (χ4v) is 2.48. The Morgan fingerprint density at radius 1 is 1.65 bits per heavy atom. The molecule has 1 aromatic heterocycles. The summed E-state index contributed by atoms with van der Waals surface area (Å²) in [6.45, 7) is 3.20. The maximum absolute atomic E-state index is 9.34. The summed E-state index contributed by atoms with van der Waals surface area (Å²) in [5.74, 6) is 1.03.